The second kappa shape index (κ2) is 11.2. The van der Waals surface area contributed by atoms with E-state index >= 15 is 0 Å². The van der Waals surface area contributed by atoms with Crippen molar-refractivity contribution in [2.75, 3.05) is 26.2 Å². The molecule has 4 heterocycles. The normalized spacial score (nSPS) is 31.1. The van der Waals surface area contributed by atoms with Crippen LogP contribution in [0.5, 0.6) is 0 Å². The Balaban J connectivity index is 1.51. The van der Waals surface area contributed by atoms with E-state index in [-0.39, 0.29) is 24.3 Å². The lowest BCUT2D eigenvalue weighted by Crippen LogP contribution is -2.57. The number of aliphatic hydroxyl groups is 1. The van der Waals surface area contributed by atoms with Crippen LogP contribution in [0.15, 0.2) is 85.0 Å². The number of carbonyl (C=O) groups excluding carboxylic acids is 3. The summed E-state index contributed by atoms with van der Waals surface area (Å²) >= 11 is 0. The van der Waals surface area contributed by atoms with E-state index in [0.717, 1.165) is 17.5 Å². The Hall–Kier alpha value is -3.75. The van der Waals surface area contributed by atoms with E-state index in [9.17, 15) is 19.5 Å². The summed E-state index contributed by atoms with van der Waals surface area (Å²) in [5.74, 6) is -2.40. The molecule has 1 spiro atoms. The molecule has 2 fully saturated rings. The minimum Gasteiger partial charge on any atom is -0.394 e. The lowest BCUT2D eigenvalue weighted by molar-refractivity contribution is -0.157. The summed E-state index contributed by atoms with van der Waals surface area (Å²) in [4.78, 5) is 48.9. The summed E-state index contributed by atoms with van der Waals surface area (Å²) in [6, 6.07) is 17.2. The number of aliphatic hydroxyl groups excluding tert-OH is 1. The van der Waals surface area contributed by atoms with E-state index in [0.29, 0.717) is 32.6 Å². The van der Waals surface area contributed by atoms with Gasteiger partial charge in [-0.1, -0.05) is 98.8 Å². The Kier molecular flexibility index (Phi) is 7.53. The fraction of sp³-hybridized carbons (Fsp3) is 0.441. The van der Waals surface area contributed by atoms with Gasteiger partial charge in [0.1, 0.15) is 11.6 Å². The van der Waals surface area contributed by atoms with Gasteiger partial charge in [0.05, 0.1) is 30.1 Å². The van der Waals surface area contributed by atoms with Crippen LogP contribution >= 0.6 is 0 Å². The number of ether oxygens (including phenoxy) is 1. The molecule has 4 aliphatic heterocycles. The van der Waals surface area contributed by atoms with E-state index in [4.69, 9.17) is 4.74 Å². The first-order valence-corrected chi connectivity index (χ1v) is 15.1. The molecular weight excluding hydrogens is 530 g/mol. The van der Waals surface area contributed by atoms with Crippen molar-refractivity contribution in [2.24, 2.45) is 11.8 Å². The molecule has 6 rings (SSSR count). The molecule has 0 bridgehead atoms. The fourth-order valence-corrected chi connectivity index (χ4v) is 7.58. The lowest BCUT2D eigenvalue weighted by atomic mass is 9.73. The van der Waals surface area contributed by atoms with E-state index < -0.39 is 35.1 Å². The summed E-state index contributed by atoms with van der Waals surface area (Å²) in [6.45, 7) is 5.36. The topological polar surface area (TPSA) is 90.4 Å². The Bertz CT molecular complexity index is 1390. The Morgan fingerprint density at radius 1 is 0.857 bits per heavy atom. The van der Waals surface area contributed by atoms with Crippen molar-refractivity contribution in [2.45, 2.75) is 56.5 Å². The van der Waals surface area contributed by atoms with Crippen LogP contribution in [0, 0.1) is 11.8 Å². The second-order valence-electron chi connectivity index (χ2n) is 11.8. The van der Waals surface area contributed by atoms with E-state index in [1.807, 2.05) is 98.8 Å². The van der Waals surface area contributed by atoms with Crippen LogP contribution in [0.25, 0.3) is 0 Å². The van der Waals surface area contributed by atoms with Crippen molar-refractivity contribution in [1.29, 1.82) is 0 Å². The predicted molar refractivity (Wildman–Crippen MR) is 158 cm³/mol. The highest BCUT2D eigenvalue weighted by molar-refractivity contribution is 6.00. The lowest BCUT2D eigenvalue weighted by Gasteiger charge is -2.41. The minimum atomic E-state index is -1.36. The number of hydrogen-bond acceptors (Lipinski definition) is 5. The quantitative estimate of drug-likeness (QED) is 0.492. The average Bonchev–Trinajstić information content (AvgIpc) is 3.31. The molecule has 0 aliphatic carbocycles. The van der Waals surface area contributed by atoms with Crippen molar-refractivity contribution in [3.8, 4) is 0 Å². The van der Waals surface area contributed by atoms with Gasteiger partial charge in [-0.25, -0.2) is 0 Å². The van der Waals surface area contributed by atoms with E-state index in [1.54, 1.807) is 9.80 Å². The van der Waals surface area contributed by atoms with Crippen LogP contribution in [0.4, 0.5) is 0 Å². The molecular formula is C34H39N3O5. The SMILES string of the molecule is CCCN1CC=C[C@@]2(CC)O[C@]34C=CCN(Cc5ccccc5)C(=O)C3N([C@H](CO)c3ccccc3)C(=O)[C@@H]4[C@H]2C1=O. The van der Waals surface area contributed by atoms with E-state index in [1.165, 1.54) is 4.90 Å². The maximum absolute atomic E-state index is 14.8. The number of likely N-dealkylation sites (tertiary alicyclic amines) is 1. The third-order valence-electron chi connectivity index (χ3n) is 9.45. The van der Waals surface area contributed by atoms with Crippen molar-refractivity contribution in [3.05, 3.63) is 96.1 Å². The van der Waals surface area contributed by atoms with Gasteiger partial charge in [0.15, 0.2) is 0 Å². The monoisotopic (exact) mass is 569 g/mol. The van der Waals surface area contributed by atoms with Crippen LogP contribution in [0.1, 0.15) is 43.9 Å². The van der Waals surface area contributed by atoms with Gasteiger partial charge in [-0.15, -0.1) is 0 Å². The summed E-state index contributed by atoms with van der Waals surface area (Å²) in [6.07, 6.45) is 8.98. The molecule has 2 aromatic carbocycles. The van der Waals surface area contributed by atoms with Gasteiger partial charge >= 0.3 is 0 Å². The first-order chi connectivity index (χ1) is 20.4. The van der Waals surface area contributed by atoms with Gasteiger partial charge in [0.2, 0.25) is 17.7 Å². The number of fused-ring (bicyclic) bond motifs is 2. The smallest absolute Gasteiger partial charge is 0.249 e. The van der Waals surface area contributed by atoms with E-state index in [2.05, 4.69) is 0 Å². The zero-order chi connectivity index (χ0) is 29.5. The molecule has 2 saturated heterocycles. The number of rotatable bonds is 8. The number of benzene rings is 2. The predicted octanol–water partition coefficient (Wildman–Crippen LogP) is 3.49. The molecule has 0 aromatic heterocycles. The van der Waals surface area contributed by atoms with Crippen LogP contribution in [0.3, 0.4) is 0 Å². The molecule has 0 saturated carbocycles. The maximum Gasteiger partial charge on any atom is 0.249 e. The molecule has 3 amide bonds. The molecule has 4 aliphatic rings. The second-order valence-corrected chi connectivity index (χ2v) is 11.8. The molecule has 1 unspecified atom stereocenters. The largest absolute Gasteiger partial charge is 0.394 e. The first-order valence-electron chi connectivity index (χ1n) is 15.1. The van der Waals surface area contributed by atoms with Crippen LogP contribution in [0.2, 0.25) is 0 Å². The number of nitrogens with zero attached hydrogens (tertiary/aromatic N) is 3. The van der Waals surface area contributed by atoms with Gasteiger partial charge < -0.3 is 24.5 Å². The Morgan fingerprint density at radius 2 is 1.52 bits per heavy atom. The van der Waals surface area contributed by atoms with Gasteiger partial charge in [0.25, 0.3) is 0 Å². The van der Waals surface area contributed by atoms with Crippen molar-refractivity contribution >= 4 is 17.7 Å². The van der Waals surface area contributed by atoms with Crippen LogP contribution in [-0.2, 0) is 25.7 Å². The summed E-state index contributed by atoms with van der Waals surface area (Å²) in [5, 5.41) is 10.7. The molecule has 0 radical (unpaired) electrons. The zero-order valence-corrected chi connectivity index (χ0v) is 24.3. The highest BCUT2D eigenvalue weighted by Gasteiger charge is 2.76. The average molecular weight is 570 g/mol. The number of carbonyl (C=O) groups is 3. The zero-order valence-electron chi connectivity index (χ0n) is 24.3. The molecule has 2 aromatic rings. The molecule has 6 atom stereocenters. The summed E-state index contributed by atoms with van der Waals surface area (Å²) < 4.78 is 7.06. The van der Waals surface area contributed by atoms with Crippen LogP contribution < -0.4 is 0 Å². The highest BCUT2D eigenvalue weighted by Crippen LogP contribution is 2.59. The standard InChI is InChI=1S/C34H39N3O5/c1-3-19-35-20-11-17-33(4-2)27(30(35)39)28-31(40)37(26(23-38)25-15-9-6-10-16-25)29-32(41)36(21-12-18-34(28,29)42-33)22-24-13-7-5-8-14-24/h5-18,26-29,38H,3-4,19-23H2,1-2H3/t26-,27+,28+,29?,33-,34+/m1/s1. The third kappa shape index (κ3) is 4.31. The minimum absolute atomic E-state index is 0.119. The summed E-state index contributed by atoms with van der Waals surface area (Å²) in [7, 11) is 0. The van der Waals surface area contributed by atoms with Gasteiger partial charge in [-0.2, -0.15) is 0 Å². The molecule has 8 heteroatoms. The Labute approximate surface area is 247 Å². The van der Waals surface area contributed by atoms with Crippen molar-refractivity contribution in [3.63, 3.8) is 0 Å². The summed E-state index contributed by atoms with van der Waals surface area (Å²) in [5.41, 5.74) is -0.691. The molecule has 8 nitrogen and oxygen atoms in total. The first kappa shape index (κ1) is 28.4. The molecule has 220 valence electrons. The Morgan fingerprint density at radius 3 is 2.19 bits per heavy atom. The van der Waals surface area contributed by atoms with Gasteiger partial charge in [0, 0.05) is 26.2 Å². The van der Waals surface area contributed by atoms with Crippen LogP contribution in [-0.4, -0.2) is 81.0 Å². The van der Waals surface area contributed by atoms with Gasteiger partial charge in [-0.05, 0) is 24.0 Å². The number of hydrogen-bond donors (Lipinski definition) is 1. The molecule has 1 N–H and O–H groups in total. The maximum atomic E-state index is 14.8. The third-order valence-corrected chi connectivity index (χ3v) is 9.45. The van der Waals surface area contributed by atoms with Crippen molar-refractivity contribution in [1.82, 2.24) is 14.7 Å². The fourth-order valence-electron chi connectivity index (χ4n) is 7.58. The van der Waals surface area contributed by atoms with Gasteiger partial charge in [-0.3, -0.25) is 14.4 Å². The molecule has 42 heavy (non-hydrogen) atoms. The highest BCUT2D eigenvalue weighted by atomic mass is 16.5. The number of amides is 3. The van der Waals surface area contributed by atoms with Crippen molar-refractivity contribution < 1.29 is 24.2 Å².